The topological polar surface area (TPSA) is 46.0 Å². The van der Waals surface area contributed by atoms with Gasteiger partial charge in [0.2, 0.25) is 0 Å². The molecule has 0 atom stereocenters. The molecule has 0 amide bonds. The summed E-state index contributed by atoms with van der Waals surface area (Å²) in [5.41, 5.74) is 1.35. The fraction of sp³-hybridized carbons (Fsp3) is 0. The maximum Gasteiger partial charge on any atom is 0.416 e. The Morgan fingerprint density at radius 1 is 1.31 bits per heavy atom. The van der Waals surface area contributed by atoms with Gasteiger partial charge in [0.25, 0.3) is 0 Å². The maximum absolute atomic E-state index is 10.7. The third-order valence-corrected chi connectivity index (χ3v) is 2.01. The van der Waals surface area contributed by atoms with E-state index in [-0.39, 0.29) is 0 Å². The second-order valence-corrected chi connectivity index (χ2v) is 2.95. The molecule has 1 heterocycles. The molecular weight excluding hydrogens is 190 g/mol. The van der Waals surface area contributed by atoms with E-state index in [0.29, 0.717) is 10.7 Å². The van der Waals surface area contributed by atoms with Gasteiger partial charge in [-0.15, -0.1) is 0 Å². The van der Waals surface area contributed by atoms with Gasteiger partial charge in [-0.05, 0) is 6.07 Å². The summed E-state index contributed by atoms with van der Waals surface area (Å²) in [5, 5.41) is 0.583. The molecule has 2 rings (SSSR count). The Morgan fingerprint density at radius 2 is 2.08 bits per heavy atom. The maximum atomic E-state index is 10.7. The molecule has 0 spiro atoms. The lowest BCUT2D eigenvalue weighted by atomic mass is 10.2. The van der Waals surface area contributed by atoms with Crippen LogP contribution in [0.3, 0.4) is 0 Å². The number of H-pyrrole nitrogens is 1. The molecule has 66 valence electrons. The Kier molecular flexibility index (Phi) is 1.94. The molecular formula is C9H6ClNO2. The fourth-order valence-corrected chi connectivity index (χ4v) is 1.33. The molecule has 0 radical (unpaired) electrons. The van der Waals surface area contributed by atoms with Crippen molar-refractivity contribution in [1.29, 1.82) is 0 Å². The molecule has 3 nitrogen and oxygen atoms in total. The molecule has 0 aliphatic rings. The lowest BCUT2D eigenvalue weighted by Crippen LogP contribution is -1.94. The van der Waals surface area contributed by atoms with Crippen LogP contribution in [0.2, 0.25) is 5.02 Å². The number of hydrogen-bond donors (Lipinski definition) is 1. The van der Waals surface area contributed by atoms with E-state index in [9.17, 15) is 4.79 Å². The Hall–Kier alpha value is -1.48. The summed E-state index contributed by atoms with van der Waals surface area (Å²) in [4.78, 5) is 13.2. The highest BCUT2D eigenvalue weighted by Gasteiger charge is 2.04. The van der Waals surface area contributed by atoms with E-state index in [4.69, 9.17) is 11.6 Å². The Balaban J connectivity index is 2.58. The number of aromatic nitrogens is 1. The van der Waals surface area contributed by atoms with Gasteiger partial charge >= 0.3 is 5.76 Å². The van der Waals surface area contributed by atoms with Gasteiger partial charge in [-0.1, -0.05) is 29.8 Å². The second kappa shape index (κ2) is 3.11. The Bertz CT molecular complexity index is 472. The molecule has 0 aliphatic carbocycles. The zero-order chi connectivity index (χ0) is 9.26. The average Bonchev–Trinajstić information content (AvgIpc) is 2.53. The van der Waals surface area contributed by atoms with Crippen LogP contribution in [0.1, 0.15) is 0 Å². The van der Waals surface area contributed by atoms with Crippen LogP contribution in [0.5, 0.6) is 0 Å². The molecule has 0 fully saturated rings. The third kappa shape index (κ3) is 1.51. The molecule has 1 N–H and O–H groups in total. The highest BCUT2D eigenvalue weighted by molar-refractivity contribution is 6.33. The van der Waals surface area contributed by atoms with Crippen LogP contribution in [-0.4, -0.2) is 4.98 Å². The number of nitrogens with one attached hydrogen (secondary N) is 1. The zero-order valence-corrected chi connectivity index (χ0v) is 7.34. The van der Waals surface area contributed by atoms with Crippen LogP contribution in [0.4, 0.5) is 0 Å². The third-order valence-electron chi connectivity index (χ3n) is 1.68. The fourth-order valence-electron chi connectivity index (χ4n) is 1.09. The molecule has 4 heteroatoms. The SMILES string of the molecule is O=c1[nH]c(-c2ccccc2Cl)co1. The Labute approximate surface area is 79.0 Å². The summed E-state index contributed by atoms with van der Waals surface area (Å²) < 4.78 is 4.60. The molecule has 0 unspecified atom stereocenters. The molecule has 1 aromatic heterocycles. The number of rotatable bonds is 1. The number of halogens is 1. The van der Waals surface area contributed by atoms with Crippen molar-refractivity contribution in [3.8, 4) is 11.3 Å². The normalized spacial score (nSPS) is 10.2. The molecule has 0 aliphatic heterocycles. The van der Waals surface area contributed by atoms with Gasteiger partial charge in [-0.3, -0.25) is 4.98 Å². The minimum atomic E-state index is -0.477. The minimum Gasteiger partial charge on any atom is -0.416 e. The monoisotopic (exact) mass is 195 g/mol. The van der Waals surface area contributed by atoms with Gasteiger partial charge in [-0.25, -0.2) is 4.79 Å². The summed E-state index contributed by atoms with van der Waals surface area (Å²) in [6.07, 6.45) is 1.35. The quantitative estimate of drug-likeness (QED) is 0.759. The van der Waals surface area contributed by atoms with E-state index < -0.39 is 5.76 Å². The van der Waals surface area contributed by atoms with Gasteiger partial charge in [0.05, 0.1) is 5.69 Å². The smallest absolute Gasteiger partial charge is 0.416 e. The van der Waals surface area contributed by atoms with Gasteiger partial charge < -0.3 is 4.42 Å². The van der Waals surface area contributed by atoms with Crippen LogP contribution >= 0.6 is 11.6 Å². The highest BCUT2D eigenvalue weighted by atomic mass is 35.5. The lowest BCUT2D eigenvalue weighted by molar-refractivity contribution is 0.515. The summed E-state index contributed by atoms with van der Waals surface area (Å²) in [7, 11) is 0. The van der Waals surface area contributed by atoms with Crippen molar-refractivity contribution in [2.24, 2.45) is 0 Å². The van der Waals surface area contributed by atoms with Crippen LogP contribution in [0.15, 0.2) is 39.7 Å². The lowest BCUT2D eigenvalue weighted by Gasteiger charge is -1.97. The van der Waals surface area contributed by atoms with Crippen LogP contribution in [-0.2, 0) is 0 Å². The van der Waals surface area contributed by atoms with Gasteiger partial charge in [0, 0.05) is 10.6 Å². The molecule has 13 heavy (non-hydrogen) atoms. The zero-order valence-electron chi connectivity index (χ0n) is 6.58. The van der Waals surface area contributed by atoms with Crippen LogP contribution in [0, 0.1) is 0 Å². The average molecular weight is 196 g/mol. The number of hydrogen-bond acceptors (Lipinski definition) is 2. The van der Waals surface area contributed by atoms with E-state index in [1.54, 1.807) is 6.07 Å². The van der Waals surface area contributed by atoms with E-state index in [1.165, 1.54) is 6.26 Å². The van der Waals surface area contributed by atoms with E-state index in [2.05, 4.69) is 9.40 Å². The first-order chi connectivity index (χ1) is 6.27. The summed E-state index contributed by atoms with van der Waals surface area (Å²) >= 11 is 5.90. The van der Waals surface area contributed by atoms with Crippen molar-refractivity contribution in [1.82, 2.24) is 4.98 Å². The van der Waals surface area contributed by atoms with Crippen molar-refractivity contribution in [3.05, 3.63) is 46.1 Å². The van der Waals surface area contributed by atoms with Crippen molar-refractivity contribution >= 4 is 11.6 Å². The van der Waals surface area contributed by atoms with Crippen molar-refractivity contribution in [2.75, 3.05) is 0 Å². The number of aromatic amines is 1. The molecule has 1 aromatic carbocycles. The standard InChI is InChI=1S/C9H6ClNO2/c10-7-4-2-1-3-6(7)8-5-13-9(12)11-8/h1-5H,(H,11,12). The van der Waals surface area contributed by atoms with Gasteiger partial charge in [-0.2, -0.15) is 0 Å². The van der Waals surface area contributed by atoms with Gasteiger partial charge in [0.15, 0.2) is 0 Å². The number of benzene rings is 1. The van der Waals surface area contributed by atoms with Gasteiger partial charge in [0.1, 0.15) is 6.26 Å². The first-order valence-electron chi connectivity index (χ1n) is 3.70. The number of oxazole rings is 1. The first kappa shape index (κ1) is 8.13. The summed E-state index contributed by atoms with van der Waals surface area (Å²) in [5.74, 6) is -0.477. The molecule has 0 saturated heterocycles. The summed E-state index contributed by atoms with van der Waals surface area (Å²) in [6.45, 7) is 0. The van der Waals surface area contributed by atoms with E-state index in [0.717, 1.165) is 5.56 Å². The van der Waals surface area contributed by atoms with Crippen molar-refractivity contribution < 1.29 is 4.42 Å². The molecule has 2 aromatic rings. The van der Waals surface area contributed by atoms with E-state index in [1.807, 2.05) is 18.2 Å². The van der Waals surface area contributed by atoms with Crippen LogP contribution in [0.25, 0.3) is 11.3 Å². The highest BCUT2D eigenvalue weighted by Crippen LogP contribution is 2.24. The summed E-state index contributed by atoms with van der Waals surface area (Å²) in [6, 6.07) is 7.22. The van der Waals surface area contributed by atoms with Crippen LogP contribution < -0.4 is 5.76 Å². The minimum absolute atomic E-state index is 0.477. The second-order valence-electron chi connectivity index (χ2n) is 2.54. The van der Waals surface area contributed by atoms with Crippen molar-refractivity contribution in [2.45, 2.75) is 0 Å². The largest absolute Gasteiger partial charge is 0.416 e. The predicted octanol–water partition coefficient (Wildman–Crippen LogP) is 2.29. The molecule has 0 saturated carbocycles. The van der Waals surface area contributed by atoms with Crippen molar-refractivity contribution in [3.63, 3.8) is 0 Å². The first-order valence-corrected chi connectivity index (χ1v) is 4.08. The van der Waals surface area contributed by atoms with E-state index >= 15 is 0 Å². The predicted molar refractivity (Wildman–Crippen MR) is 49.8 cm³/mol. The molecule has 0 bridgehead atoms. The Morgan fingerprint density at radius 3 is 2.69 bits per heavy atom.